The van der Waals surface area contributed by atoms with Crippen molar-refractivity contribution in [2.75, 3.05) is 26.8 Å². The van der Waals surface area contributed by atoms with E-state index in [1.54, 1.807) is 30.1 Å². The number of rotatable bonds is 5. The lowest BCUT2D eigenvalue weighted by molar-refractivity contribution is -0.138. The average Bonchev–Trinajstić information content (AvgIpc) is 3.14. The number of likely N-dealkylation sites (tertiary alicyclic amines) is 1. The normalized spacial score (nSPS) is 18.8. The van der Waals surface area contributed by atoms with E-state index in [1.165, 1.54) is 0 Å². The van der Waals surface area contributed by atoms with Crippen LogP contribution in [0.5, 0.6) is 11.5 Å². The molecule has 25 heavy (non-hydrogen) atoms. The molecule has 1 unspecified atom stereocenters. The van der Waals surface area contributed by atoms with Crippen molar-refractivity contribution in [3.8, 4) is 11.5 Å². The van der Waals surface area contributed by atoms with E-state index >= 15 is 0 Å². The van der Waals surface area contributed by atoms with Crippen molar-refractivity contribution in [2.45, 2.75) is 31.7 Å². The van der Waals surface area contributed by atoms with Gasteiger partial charge in [-0.05, 0) is 31.0 Å². The Kier molecular flexibility index (Phi) is 5.21. The van der Waals surface area contributed by atoms with Crippen LogP contribution in [0, 0.1) is 0 Å². The number of hydrogen-bond acceptors (Lipinski definition) is 5. The molecule has 0 bridgehead atoms. The lowest BCUT2D eigenvalue weighted by Gasteiger charge is -2.23. The van der Waals surface area contributed by atoms with Crippen LogP contribution in [-0.4, -0.2) is 55.3 Å². The summed E-state index contributed by atoms with van der Waals surface area (Å²) in [4.78, 5) is 38.2. The lowest BCUT2D eigenvalue weighted by Crippen LogP contribution is -2.44. The SMILES string of the molecule is CNC(=O)C1CCCN1C(=O)CCC(=O)c1ccc2c(c1)OCCO2. The number of carbonyl (C=O) groups is 3. The molecule has 1 aromatic carbocycles. The largest absolute Gasteiger partial charge is 0.486 e. The van der Waals surface area contributed by atoms with Crippen molar-refractivity contribution in [1.29, 1.82) is 0 Å². The van der Waals surface area contributed by atoms with Crippen molar-refractivity contribution < 1.29 is 23.9 Å². The molecule has 1 atom stereocenters. The first-order chi connectivity index (χ1) is 12.1. The Morgan fingerprint density at radius 2 is 1.92 bits per heavy atom. The number of amides is 2. The van der Waals surface area contributed by atoms with Crippen LogP contribution in [0.1, 0.15) is 36.0 Å². The maximum absolute atomic E-state index is 12.4. The van der Waals surface area contributed by atoms with Crippen LogP contribution in [0.2, 0.25) is 0 Å². The summed E-state index contributed by atoms with van der Waals surface area (Å²) in [6.45, 7) is 1.52. The fraction of sp³-hybridized carbons (Fsp3) is 0.500. The number of ether oxygens (including phenoxy) is 2. The van der Waals surface area contributed by atoms with Crippen LogP contribution in [0.15, 0.2) is 18.2 Å². The highest BCUT2D eigenvalue weighted by Gasteiger charge is 2.33. The molecule has 7 nitrogen and oxygen atoms in total. The van der Waals surface area contributed by atoms with Gasteiger partial charge in [-0.15, -0.1) is 0 Å². The zero-order valence-electron chi connectivity index (χ0n) is 14.2. The van der Waals surface area contributed by atoms with Gasteiger partial charge in [-0.1, -0.05) is 0 Å². The standard InChI is InChI=1S/C18H22N2O5/c1-19-18(23)13-3-2-8-20(13)17(22)7-5-14(21)12-4-6-15-16(11-12)25-10-9-24-15/h4,6,11,13H,2-3,5,7-10H2,1H3,(H,19,23). The minimum Gasteiger partial charge on any atom is -0.486 e. The molecule has 2 amide bonds. The van der Waals surface area contributed by atoms with E-state index in [-0.39, 0.29) is 30.4 Å². The molecule has 0 aliphatic carbocycles. The minimum absolute atomic E-state index is 0.0980. The molecule has 2 aliphatic heterocycles. The first-order valence-electron chi connectivity index (χ1n) is 8.54. The maximum Gasteiger partial charge on any atom is 0.242 e. The summed E-state index contributed by atoms with van der Waals surface area (Å²) in [6.07, 6.45) is 1.68. The third-order valence-corrected chi connectivity index (χ3v) is 4.55. The number of Topliss-reactive ketones (excluding diaryl/α,β-unsaturated/α-hetero) is 1. The van der Waals surface area contributed by atoms with Gasteiger partial charge in [0, 0.05) is 32.0 Å². The van der Waals surface area contributed by atoms with Gasteiger partial charge in [0.15, 0.2) is 17.3 Å². The number of carbonyl (C=O) groups excluding carboxylic acids is 3. The predicted molar refractivity (Wildman–Crippen MR) is 89.8 cm³/mol. The highest BCUT2D eigenvalue weighted by Crippen LogP contribution is 2.31. The van der Waals surface area contributed by atoms with E-state index in [1.807, 2.05) is 0 Å². The van der Waals surface area contributed by atoms with Crippen molar-refractivity contribution in [1.82, 2.24) is 10.2 Å². The highest BCUT2D eigenvalue weighted by molar-refractivity contribution is 5.99. The Balaban J connectivity index is 1.58. The summed E-state index contributed by atoms with van der Waals surface area (Å²) in [7, 11) is 1.56. The van der Waals surface area contributed by atoms with Crippen LogP contribution in [0.25, 0.3) is 0 Å². The molecule has 0 radical (unpaired) electrons. The summed E-state index contributed by atoms with van der Waals surface area (Å²) in [5.41, 5.74) is 0.501. The van der Waals surface area contributed by atoms with Gasteiger partial charge in [0.25, 0.3) is 0 Å². The zero-order chi connectivity index (χ0) is 17.8. The third-order valence-electron chi connectivity index (χ3n) is 4.55. The molecule has 134 valence electrons. The first kappa shape index (κ1) is 17.3. The molecular weight excluding hydrogens is 324 g/mol. The van der Waals surface area contributed by atoms with Gasteiger partial charge in [0.05, 0.1) is 0 Å². The van der Waals surface area contributed by atoms with Gasteiger partial charge < -0.3 is 19.7 Å². The molecule has 2 heterocycles. The van der Waals surface area contributed by atoms with Crippen LogP contribution >= 0.6 is 0 Å². The molecule has 2 aliphatic rings. The van der Waals surface area contributed by atoms with E-state index in [9.17, 15) is 14.4 Å². The summed E-state index contributed by atoms with van der Waals surface area (Å²) in [5, 5.41) is 2.59. The third kappa shape index (κ3) is 3.75. The number of ketones is 1. The fourth-order valence-electron chi connectivity index (χ4n) is 3.23. The van der Waals surface area contributed by atoms with Gasteiger partial charge in [0.2, 0.25) is 11.8 Å². The molecule has 1 N–H and O–H groups in total. The number of nitrogens with one attached hydrogen (secondary N) is 1. The predicted octanol–water partition coefficient (Wildman–Crippen LogP) is 1.16. The second kappa shape index (κ2) is 7.55. The Morgan fingerprint density at radius 3 is 2.68 bits per heavy atom. The molecule has 0 saturated carbocycles. The Hall–Kier alpha value is -2.57. The van der Waals surface area contributed by atoms with Crippen LogP contribution in [0.4, 0.5) is 0 Å². The van der Waals surface area contributed by atoms with Crippen molar-refractivity contribution in [3.05, 3.63) is 23.8 Å². The van der Waals surface area contributed by atoms with E-state index in [2.05, 4.69) is 5.32 Å². The van der Waals surface area contributed by atoms with Crippen LogP contribution in [-0.2, 0) is 9.59 Å². The quantitative estimate of drug-likeness (QED) is 0.809. The number of benzene rings is 1. The highest BCUT2D eigenvalue weighted by atomic mass is 16.6. The van der Waals surface area contributed by atoms with Gasteiger partial charge >= 0.3 is 0 Å². The van der Waals surface area contributed by atoms with Crippen molar-refractivity contribution in [3.63, 3.8) is 0 Å². The summed E-state index contributed by atoms with van der Waals surface area (Å²) in [6, 6.07) is 4.64. The molecule has 3 rings (SSSR count). The monoisotopic (exact) mass is 346 g/mol. The second-order valence-corrected chi connectivity index (χ2v) is 6.14. The van der Waals surface area contributed by atoms with E-state index in [4.69, 9.17) is 9.47 Å². The summed E-state index contributed by atoms with van der Waals surface area (Å²) >= 11 is 0. The molecule has 0 spiro atoms. The number of nitrogens with zero attached hydrogens (tertiary/aromatic N) is 1. The zero-order valence-corrected chi connectivity index (χ0v) is 14.2. The molecule has 1 aromatic rings. The smallest absolute Gasteiger partial charge is 0.242 e. The van der Waals surface area contributed by atoms with Gasteiger partial charge in [0.1, 0.15) is 19.3 Å². The lowest BCUT2D eigenvalue weighted by atomic mass is 10.0. The van der Waals surface area contributed by atoms with Crippen molar-refractivity contribution >= 4 is 17.6 Å². The topological polar surface area (TPSA) is 84.9 Å². The second-order valence-electron chi connectivity index (χ2n) is 6.14. The van der Waals surface area contributed by atoms with Gasteiger partial charge in [-0.2, -0.15) is 0 Å². The molecule has 7 heteroatoms. The van der Waals surface area contributed by atoms with Gasteiger partial charge in [-0.25, -0.2) is 0 Å². The Labute approximate surface area is 146 Å². The average molecular weight is 346 g/mol. The molecule has 0 aromatic heterocycles. The number of hydrogen-bond donors (Lipinski definition) is 1. The minimum atomic E-state index is -0.415. The molecule has 1 fully saturated rings. The van der Waals surface area contributed by atoms with Crippen LogP contribution < -0.4 is 14.8 Å². The van der Waals surface area contributed by atoms with E-state index in [0.29, 0.717) is 43.2 Å². The number of likely N-dealkylation sites (N-methyl/N-ethyl adjacent to an activating group) is 1. The maximum atomic E-state index is 12.4. The van der Waals surface area contributed by atoms with Crippen LogP contribution in [0.3, 0.4) is 0 Å². The van der Waals surface area contributed by atoms with E-state index < -0.39 is 6.04 Å². The van der Waals surface area contributed by atoms with Gasteiger partial charge in [-0.3, -0.25) is 14.4 Å². The summed E-state index contributed by atoms with van der Waals surface area (Å²) < 4.78 is 10.9. The Bertz CT molecular complexity index is 688. The molecular formula is C18H22N2O5. The van der Waals surface area contributed by atoms with E-state index in [0.717, 1.165) is 6.42 Å². The number of fused-ring (bicyclic) bond motifs is 1. The first-order valence-corrected chi connectivity index (χ1v) is 8.54. The Morgan fingerprint density at radius 1 is 1.16 bits per heavy atom. The van der Waals surface area contributed by atoms with Crippen molar-refractivity contribution in [2.24, 2.45) is 0 Å². The summed E-state index contributed by atoms with van der Waals surface area (Å²) in [5.74, 6) is 0.758. The molecule has 1 saturated heterocycles. The fourth-order valence-corrected chi connectivity index (χ4v) is 3.23.